The molecule has 2 aliphatic rings. The molecule has 2 saturated heterocycles. The van der Waals surface area contributed by atoms with Gasteiger partial charge < -0.3 is 14.2 Å². The van der Waals surface area contributed by atoms with Crippen molar-refractivity contribution in [2.75, 3.05) is 39.4 Å². The molecule has 4 rings (SSSR count). The summed E-state index contributed by atoms with van der Waals surface area (Å²) in [7, 11) is 2.03. The molecular formula is C20H27N5O2. The van der Waals surface area contributed by atoms with Crippen LogP contribution in [0.3, 0.4) is 0 Å². The van der Waals surface area contributed by atoms with Crippen LogP contribution in [-0.4, -0.2) is 69.6 Å². The summed E-state index contributed by atoms with van der Waals surface area (Å²) in [5.41, 5.74) is 1.37. The molecule has 7 heteroatoms. The van der Waals surface area contributed by atoms with Gasteiger partial charge in [-0.05, 0) is 32.0 Å². The number of hydrogen-bond acceptors (Lipinski definition) is 5. The molecular weight excluding hydrogens is 342 g/mol. The van der Waals surface area contributed by atoms with Gasteiger partial charge in [-0.1, -0.05) is 6.07 Å². The van der Waals surface area contributed by atoms with Gasteiger partial charge in [-0.3, -0.25) is 9.69 Å². The lowest BCUT2D eigenvalue weighted by atomic mass is 9.87. The van der Waals surface area contributed by atoms with Crippen molar-refractivity contribution >= 4 is 5.91 Å². The van der Waals surface area contributed by atoms with Crippen molar-refractivity contribution in [1.82, 2.24) is 24.3 Å². The highest BCUT2D eigenvalue weighted by molar-refractivity contribution is 5.92. The predicted octanol–water partition coefficient (Wildman–Crippen LogP) is 1.49. The molecule has 4 heterocycles. The SMILES string of the molecule is Cc1cccc(C(=O)N2CCOCC3(CCN(Cc4nccn4C)C3)C2)n1. The third-order valence-electron chi connectivity index (χ3n) is 5.64. The number of rotatable bonds is 3. The van der Waals surface area contributed by atoms with E-state index in [0.29, 0.717) is 25.5 Å². The van der Waals surface area contributed by atoms with E-state index >= 15 is 0 Å². The van der Waals surface area contributed by atoms with Crippen molar-refractivity contribution < 1.29 is 9.53 Å². The smallest absolute Gasteiger partial charge is 0.272 e. The zero-order chi connectivity index (χ0) is 18.9. The first kappa shape index (κ1) is 18.1. The van der Waals surface area contributed by atoms with Crippen LogP contribution in [0.25, 0.3) is 0 Å². The molecule has 2 fully saturated rings. The van der Waals surface area contributed by atoms with Crippen LogP contribution in [0.15, 0.2) is 30.6 Å². The molecule has 1 atom stereocenters. The molecule has 0 N–H and O–H groups in total. The van der Waals surface area contributed by atoms with Crippen LogP contribution in [0, 0.1) is 12.3 Å². The normalized spacial score (nSPS) is 23.7. The topological polar surface area (TPSA) is 63.5 Å². The highest BCUT2D eigenvalue weighted by atomic mass is 16.5. The minimum Gasteiger partial charge on any atom is -0.379 e. The number of hydrogen-bond donors (Lipinski definition) is 0. The van der Waals surface area contributed by atoms with Crippen LogP contribution in [0.2, 0.25) is 0 Å². The number of imidazole rings is 1. The lowest BCUT2D eigenvalue weighted by Crippen LogP contribution is -2.43. The Kier molecular flexibility index (Phi) is 4.97. The molecule has 1 spiro atoms. The molecule has 1 amide bonds. The van der Waals surface area contributed by atoms with Gasteiger partial charge in [-0.15, -0.1) is 0 Å². The Morgan fingerprint density at radius 3 is 2.96 bits per heavy atom. The van der Waals surface area contributed by atoms with Crippen molar-refractivity contribution in [2.45, 2.75) is 19.9 Å². The number of pyridine rings is 1. The van der Waals surface area contributed by atoms with E-state index < -0.39 is 0 Å². The molecule has 7 nitrogen and oxygen atoms in total. The summed E-state index contributed by atoms with van der Waals surface area (Å²) < 4.78 is 7.98. The van der Waals surface area contributed by atoms with Gasteiger partial charge in [-0.25, -0.2) is 9.97 Å². The Bertz CT molecular complexity index is 820. The van der Waals surface area contributed by atoms with E-state index in [2.05, 4.69) is 19.4 Å². The van der Waals surface area contributed by atoms with Gasteiger partial charge in [0.1, 0.15) is 11.5 Å². The van der Waals surface area contributed by atoms with Crippen LogP contribution in [0.1, 0.15) is 28.4 Å². The van der Waals surface area contributed by atoms with Crippen molar-refractivity contribution in [3.05, 3.63) is 47.8 Å². The number of amides is 1. The molecule has 0 aromatic carbocycles. The Hall–Kier alpha value is -2.25. The fourth-order valence-electron chi connectivity index (χ4n) is 4.15. The van der Waals surface area contributed by atoms with Crippen molar-refractivity contribution in [2.24, 2.45) is 12.5 Å². The summed E-state index contributed by atoms with van der Waals surface area (Å²) in [6, 6.07) is 5.61. The van der Waals surface area contributed by atoms with Crippen LogP contribution in [-0.2, 0) is 18.3 Å². The average Bonchev–Trinajstić information content (AvgIpc) is 3.17. The van der Waals surface area contributed by atoms with Gasteiger partial charge in [0.15, 0.2) is 0 Å². The van der Waals surface area contributed by atoms with E-state index in [4.69, 9.17) is 4.74 Å². The summed E-state index contributed by atoms with van der Waals surface area (Å²) in [4.78, 5) is 26.2. The first-order valence-corrected chi connectivity index (χ1v) is 9.54. The predicted molar refractivity (Wildman–Crippen MR) is 101 cm³/mol. The number of aromatic nitrogens is 3. The number of ether oxygens (including phenoxy) is 1. The zero-order valence-corrected chi connectivity index (χ0v) is 16.1. The first-order valence-electron chi connectivity index (χ1n) is 9.54. The van der Waals surface area contributed by atoms with E-state index in [1.54, 1.807) is 6.07 Å². The maximum atomic E-state index is 13.0. The second-order valence-electron chi connectivity index (χ2n) is 7.86. The molecule has 0 aliphatic carbocycles. The van der Waals surface area contributed by atoms with Crippen LogP contribution in [0.5, 0.6) is 0 Å². The van der Waals surface area contributed by atoms with Crippen LogP contribution < -0.4 is 0 Å². The Balaban J connectivity index is 1.47. The second-order valence-corrected chi connectivity index (χ2v) is 7.86. The van der Waals surface area contributed by atoms with E-state index in [9.17, 15) is 4.79 Å². The fourth-order valence-corrected chi connectivity index (χ4v) is 4.15. The van der Waals surface area contributed by atoms with Gasteiger partial charge >= 0.3 is 0 Å². The first-order chi connectivity index (χ1) is 13.0. The van der Waals surface area contributed by atoms with Gasteiger partial charge in [-0.2, -0.15) is 0 Å². The maximum absolute atomic E-state index is 13.0. The maximum Gasteiger partial charge on any atom is 0.272 e. The molecule has 0 bridgehead atoms. The summed E-state index contributed by atoms with van der Waals surface area (Å²) in [5.74, 6) is 1.07. The molecule has 144 valence electrons. The Morgan fingerprint density at radius 1 is 1.30 bits per heavy atom. The van der Waals surface area contributed by atoms with E-state index in [1.807, 2.05) is 43.4 Å². The summed E-state index contributed by atoms with van der Waals surface area (Å²) >= 11 is 0. The highest BCUT2D eigenvalue weighted by Crippen LogP contribution is 2.34. The second kappa shape index (κ2) is 7.40. The Labute approximate surface area is 160 Å². The fraction of sp³-hybridized carbons (Fsp3) is 0.550. The van der Waals surface area contributed by atoms with Gasteiger partial charge in [0.25, 0.3) is 5.91 Å². The molecule has 0 radical (unpaired) electrons. The standard InChI is InChI=1S/C20H27N5O2/c1-16-4-3-5-17(22-16)19(26)25-10-11-27-15-20(14-25)6-8-24(13-20)12-18-21-7-9-23(18)2/h3-5,7,9H,6,8,10-15H2,1-2H3. The molecule has 1 unspecified atom stereocenters. The number of aryl methyl sites for hydroxylation is 2. The number of carbonyl (C=O) groups is 1. The molecule has 27 heavy (non-hydrogen) atoms. The number of nitrogens with zero attached hydrogens (tertiary/aromatic N) is 5. The average molecular weight is 369 g/mol. The van der Waals surface area contributed by atoms with Crippen LogP contribution in [0.4, 0.5) is 0 Å². The summed E-state index contributed by atoms with van der Waals surface area (Å²) in [6.07, 6.45) is 4.85. The third kappa shape index (κ3) is 3.89. The van der Waals surface area contributed by atoms with E-state index in [-0.39, 0.29) is 11.3 Å². The van der Waals surface area contributed by atoms with E-state index in [0.717, 1.165) is 44.1 Å². The Morgan fingerprint density at radius 2 is 2.19 bits per heavy atom. The molecule has 2 aromatic heterocycles. The lowest BCUT2D eigenvalue weighted by molar-refractivity contribution is 0.0639. The quantitative estimate of drug-likeness (QED) is 0.820. The third-order valence-corrected chi connectivity index (χ3v) is 5.64. The van der Waals surface area contributed by atoms with Gasteiger partial charge in [0.2, 0.25) is 0 Å². The minimum absolute atomic E-state index is 0.00567. The zero-order valence-electron chi connectivity index (χ0n) is 16.1. The summed E-state index contributed by atoms with van der Waals surface area (Å²) in [5, 5.41) is 0. The molecule has 2 aliphatic heterocycles. The minimum atomic E-state index is -0.0127. The van der Waals surface area contributed by atoms with Gasteiger partial charge in [0, 0.05) is 50.2 Å². The summed E-state index contributed by atoms with van der Waals surface area (Å²) in [6.45, 7) is 7.29. The van der Waals surface area contributed by atoms with Crippen molar-refractivity contribution in [3.63, 3.8) is 0 Å². The number of likely N-dealkylation sites (tertiary alicyclic amines) is 1. The van der Waals surface area contributed by atoms with Crippen molar-refractivity contribution in [1.29, 1.82) is 0 Å². The number of carbonyl (C=O) groups excluding carboxylic acids is 1. The molecule has 2 aromatic rings. The largest absolute Gasteiger partial charge is 0.379 e. The lowest BCUT2D eigenvalue weighted by Gasteiger charge is -2.32. The van der Waals surface area contributed by atoms with Crippen LogP contribution >= 0.6 is 0 Å². The van der Waals surface area contributed by atoms with E-state index in [1.165, 1.54) is 0 Å². The monoisotopic (exact) mass is 369 g/mol. The highest BCUT2D eigenvalue weighted by Gasteiger charge is 2.42. The molecule has 0 saturated carbocycles. The van der Waals surface area contributed by atoms with Gasteiger partial charge in [0.05, 0.1) is 19.8 Å². The van der Waals surface area contributed by atoms with Crippen molar-refractivity contribution in [3.8, 4) is 0 Å².